The third-order valence-electron chi connectivity index (χ3n) is 2.39. The van der Waals surface area contributed by atoms with Crippen molar-refractivity contribution in [1.29, 1.82) is 0 Å². The molecular formula is C9H3Cl9O9S3. The van der Waals surface area contributed by atoms with Crippen LogP contribution in [0.2, 0.25) is 0 Å². The van der Waals surface area contributed by atoms with E-state index in [9.17, 15) is 25.3 Å². The van der Waals surface area contributed by atoms with E-state index in [0.29, 0.717) is 0 Å². The van der Waals surface area contributed by atoms with Crippen molar-refractivity contribution in [2.24, 2.45) is 0 Å². The van der Waals surface area contributed by atoms with Crippen molar-refractivity contribution in [1.82, 2.24) is 0 Å². The maximum absolute atomic E-state index is 12.1. The van der Waals surface area contributed by atoms with E-state index in [0.717, 1.165) is 18.2 Å². The predicted molar refractivity (Wildman–Crippen MR) is 116 cm³/mol. The van der Waals surface area contributed by atoms with Crippen LogP contribution in [-0.2, 0) is 30.4 Å². The molecule has 174 valence electrons. The largest absolute Gasteiger partial charge is 0.375 e. The molecular weight excluding hydrogens is 667 g/mol. The fraction of sp³-hybridized carbons (Fsp3) is 0.333. The summed E-state index contributed by atoms with van der Waals surface area (Å²) in [7, 11) is -15.5. The smallest absolute Gasteiger partial charge is 0.359 e. The Balaban J connectivity index is 3.73. The highest BCUT2D eigenvalue weighted by molar-refractivity contribution is 7.94. The maximum atomic E-state index is 12.1. The minimum Gasteiger partial charge on any atom is -0.375 e. The monoisotopic (exact) mass is 666 g/mol. The second-order valence-corrected chi connectivity index (χ2v) is 18.5. The molecule has 0 amide bonds. The molecule has 0 saturated heterocycles. The SMILES string of the molecule is O=S(=O)(Oc1cccc(OS(=O)(=O)C(Cl)(Cl)Cl)c1OS(=O)(=O)C(Cl)(Cl)Cl)C(Cl)(Cl)Cl. The van der Waals surface area contributed by atoms with Gasteiger partial charge in [0.2, 0.25) is 5.75 Å². The summed E-state index contributed by atoms with van der Waals surface area (Å²) in [5, 5.41) is 0. The Morgan fingerprint density at radius 3 is 1.07 bits per heavy atom. The zero-order valence-corrected chi connectivity index (χ0v) is 22.3. The molecule has 0 unspecified atom stereocenters. The van der Waals surface area contributed by atoms with Crippen molar-refractivity contribution in [3.8, 4) is 17.2 Å². The summed E-state index contributed by atoms with van der Waals surface area (Å²) in [6, 6.07) is 2.39. The van der Waals surface area contributed by atoms with Crippen molar-refractivity contribution in [2.45, 2.75) is 9.37 Å². The Bertz CT molecular complexity index is 1050. The van der Waals surface area contributed by atoms with E-state index in [1.165, 1.54) is 0 Å². The van der Waals surface area contributed by atoms with Crippen LogP contribution in [0.3, 0.4) is 0 Å². The highest BCUT2D eigenvalue weighted by atomic mass is 35.6. The van der Waals surface area contributed by atoms with Gasteiger partial charge in [0.05, 0.1) is 0 Å². The molecule has 0 bridgehead atoms. The summed E-state index contributed by atoms with van der Waals surface area (Å²) in [6.07, 6.45) is 0. The van der Waals surface area contributed by atoms with Crippen molar-refractivity contribution < 1.29 is 37.8 Å². The molecule has 0 aliphatic rings. The summed E-state index contributed by atoms with van der Waals surface area (Å²) in [5.74, 6) is -3.42. The van der Waals surface area contributed by atoms with Crippen molar-refractivity contribution in [3.63, 3.8) is 0 Å². The van der Waals surface area contributed by atoms with Crippen LogP contribution in [0.15, 0.2) is 18.2 Å². The first kappa shape index (κ1) is 29.1. The summed E-state index contributed by atoms with van der Waals surface area (Å²) in [4.78, 5) is 0. The summed E-state index contributed by atoms with van der Waals surface area (Å²) in [5.41, 5.74) is 0. The van der Waals surface area contributed by atoms with Gasteiger partial charge in [-0.25, -0.2) is 0 Å². The molecule has 1 rings (SSSR count). The summed E-state index contributed by atoms with van der Waals surface area (Å²) < 4.78 is 76.2. The predicted octanol–water partition coefficient (Wildman–Crippen LogP) is 4.80. The molecule has 9 nitrogen and oxygen atoms in total. The van der Waals surface area contributed by atoms with Crippen LogP contribution < -0.4 is 12.5 Å². The van der Waals surface area contributed by atoms with Gasteiger partial charge in [0.15, 0.2) is 11.5 Å². The number of hydrogen-bond donors (Lipinski definition) is 0. The van der Waals surface area contributed by atoms with Gasteiger partial charge in [0.1, 0.15) is 0 Å². The highest BCUT2D eigenvalue weighted by Gasteiger charge is 2.46. The fourth-order valence-electron chi connectivity index (χ4n) is 1.20. The Kier molecular flexibility index (Phi) is 9.10. The number of halogens is 9. The van der Waals surface area contributed by atoms with Crippen LogP contribution in [0.5, 0.6) is 17.2 Å². The van der Waals surface area contributed by atoms with Crippen LogP contribution in [0.4, 0.5) is 0 Å². The molecule has 1 aromatic carbocycles. The Hall–Kier alpha value is 1.08. The Labute approximate surface area is 215 Å². The van der Waals surface area contributed by atoms with E-state index < -0.39 is 57.0 Å². The standard InChI is InChI=1S/C9H3Cl9O9S3/c10-7(11,12)28(19,20)25-4-2-1-3-5(26-29(21,22)8(13,14)15)6(4)27-30(23,24)9(16,17)18/h1-3H. The van der Waals surface area contributed by atoms with E-state index >= 15 is 0 Å². The fourth-order valence-corrected chi connectivity index (χ4v) is 3.45. The molecule has 0 saturated carbocycles. The van der Waals surface area contributed by atoms with Gasteiger partial charge in [-0.05, 0) is 12.1 Å². The highest BCUT2D eigenvalue weighted by Crippen LogP contribution is 2.46. The number of alkyl halides is 9. The van der Waals surface area contributed by atoms with Crippen LogP contribution in [0.1, 0.15) is 0 Å². The second-order valence-electron chi connectivity index (χ2n) is 4.53. The van der Waals surface area contributed by atoms with Gasteiger partial charge in [0.25, 0.3) is 0 Å². The molecule has 0 aliphatic heterocycles. The van der Waals surface area contributed by atoms with Crippen molar-refractivity contribution in [3.05, 3.63) is 18.2 Å². The van der Waals surface area contributed by atoms with Crippen LogP contribution in [-0.4, -0.2) is 34.6 Å². The van der Waals surface area contributed by atoms with Gasteiger partial charge in [-0.1, -0.05) is 110 Å². The summed E-state index contributed by atoms with van der Waals surface area (Å²) >= 11 is 47.3. The summed E-state index contributed by atoms with van der Waals surface area (Å²) in [6.45, 7) is 0. The lowest BCUT2D eigenvalue weighted by Crippen LogP contribution is -2.28. The quantitative estimate of drug-likeness (QED) is 0.310. The van der Waals surface area contributed by atoms with Gasteiger partial charge in [-0.15, -0.1) is 0 Å². The topological polar surface area (TPSA) is 130 Å². The number of rotatable bonds is 6. The van der Waals surface area contributed by atoms with Gasteiger partial charge < -0.3 is 12.5 Å². The normalized spacial score (nSPS) is 14.3. The van der Waals surface area contributed by atoms with Crippen molar-refractivity contribution in [2.75, 3.05) is 0 Å². The van der Waals surface area contributed by atoms with Crippen LogP contribution in [0.25, 0.3) is 0 Å². The molecule has 0 heterocycles. The Morgan fingerprint density at radius 2 is 0.800 bits per heavy atom. The van der Waals surface area contributed by atoms with E-state index in [-0.39, 0.29) is 0 Å². The molecule has 1 aromatic rings. The van der Waals surface area contributed by atoms with Gasteiger partial charge in [-0.3, -0.25) is 0 Å². The molecule has 0 spiro atoms. The molecule has 0 radical (unpaired) electrons. The molecule has 0 N–H and O–H groups in total. The van der Waals surface area contributed by atoms with Crippen LogP contribution >= 0.6 is 104 Å². The molecule has 0 fully saturated rings. The average Bonchev–Trinajstić information content (AvgIpc) is 2.46. The minimum atomic E-state index is -5.23. The zero-order valence-electron chi connectivity index (χ0n) is 13.0. The van der Waals surface area contributed by atoms with Gasteiger partial charge >= 0.3 is 39.7 Å². The lowest BCUT2D eigenvalue weighted by Gasteiger charge is -2.20. The first-order valence-electron chi connectivity index (χ1n) is 6.17. The van der Waals surface area contributed by atoms with E-state index in [1.54, 1.807) is 0 Å². The number of benzene rings is 1. The van der Waals surface area contributed by atoms with E-state index in [1.807, 2.05) is 0 Å². The molecule has 0 aliphatic carbocycles. The van der Waals surface area contributed by atoms with Gasteiger partial charge in [0, 0.05) is 0 Å². The first-order chi connectivity index (χ1) is 13.0. The Morgan fingerprint density at radius 1 is 0.533 bits per heavy atom. The van der Waals surface area contributed by atoms with E-state index in [4.69, 9.17) is 104 Å². The molecule has 21 heteroatoms. The third kappa shape index (κ3) is 7.04. The lowest BCUT2D eigenvalue weighted by atomic mass is 10.3. The average molecular weight is 670 g/mol. The van der Waals surface area contributed by atoms with Crippen LogP contribution in [0, 0.1) is 0 Å². The van der Waals surface area contributed by atoms with Gasteiger partial charge in [-0.2, -0.15) is 25.3 Å². The minimum absolute atomic E-state index is 0.742. The zero-order chi connectivity index (χ0) is 24.0. The van der Waals surface area contributed by atoms with E-state index in [2.05, 4.69) is 12.5 Å². The third-order valence-corrected chi connectivity index (χ3v) is 10.4. The number of para-hydroxylation sites is 1. The lowest BCUT2D eigenvalue weighted by molar-refractivity contribution is 0.428. The maximum Gasteiger partial charge on any atom is 0.359 e. The number of hydrogen-bond acceptors (Lipinski definition) is 9. The second kappa shape index (κ2) is 9.38. The molecule has 30 heavy (non-hydrogen) atoms. The molecule has 0 aromatic heterocycles. The first-order valence-corrected chi connectivity index (χ1v) is 13.8. The van der Waals surface area contributed by atoms with Crippen molar-refractivity contribution >= 4 is 135 Å². The molecule has 0 atom stereocenters.